The molecular formula is C26H24F2N6O3. The van der Waals surface area contributed by atoms with Crippen molar-refractivity contribution in [1.82, 2.24) is 24.6 Å². The van der Waals surface area contributed by atoms with Crippen molar-refractivity contribution in [3.05, 3.63) is 63.8 Å². The van der Waals surface area contributed by atoms with Gasteiger partial charge in [0.2, 0.25) is 5.91 Å². The van der Waals surface area contributed by atoms with Gasteiger partial charge in [0.05, 0.1) is 34.1 Å². The highest BCUT2D eigenvalue weighted by Gasteiger charge is 2.25. The lowest BCUT2D eigenvalue weighted by Gasteiger charge is -2.17. The Hall–Kier alpha value is -4.33. The number of carbonyl (C=O) groups excluding carboxylic acids is 1. The zero-order valence-corrected chi connectivity index (χ0v) is 20.1. The molecule has 1 aliphatic carbocycles. The standard InChI is InChI=1S/C26H24F2N6O3/c1-33(12-15-6-7-15)25(35)13-34-26(36)18-5-3-2-4-17(18)19(32-34)10-24-30-20-8-16(11-29)22(9-21(20)31-24)37-14-23(27)28/h2-5,8-9,15,23H,6-7,10,12-14H2,1H3,(H,30,31). The third kappa shape index (κ3) is 5.28. The van der Waals surface area contributed by atoms with Crippen LogP contribution in [0.4, 0.5) is 8.78 Å². The van der Waals surface area contributed by atoms with Crippen molar-refractivity contribution in [2.24, 2.45) is 5.92 Å². The second-order valence-corrected chi connectivity index (χ2v) is 9.21. The monoisotopic (exact) mass is 506 g/mol. The molecule has 9 nitrogen and oxygen atoms in total. The van der Waals surface area contributed by atoms with E-state index in [0.717, 1.165) is 12.8 Å². The summed E-state index contributed by atoms with van der Waals surface area (Å²) in [5.74, 6) is 0.870. The van der Waals surface area contributed by atoms with Crippen LogP contribution in [-0.2, 0) is 17.8 Å². The van der Waals surface area contributed by atoms with Gasteiger partial charge in [-0.05, 0) is 30.9 Å². The average Bonchev–Trinajstić information content (AvgIpc) is 3.61. The van der Waals surface area contributed by atoms with Gasteiger partial charge in [0, 0.05) is 25.0 Å². The van der Waals surface area contributed by atoms with Crippen LogP contribution in [0.5, 0.6) is 5.75 Å². The number of benzene rings is 2. The molecule has 190 valence electrons. The quantitative estimate of drug-likeness (QED) is 0.373. The predicted octanol–water partition coefficient (Wildman–Crippen LogP) is 3.25. The Morgan fingerprint density at radius 2 is 2.05 bits per heavy atom. The third-order valence-corrected chi connectivity index (χ3v) is 6.34. The lowest BCUT2D eigenvalue weighted by molar-refractivity contribution is -0.131. The van der Waals surface area contributed by atoms with Crippen LogP contribution in [0.3, 0.4) is 0 Å². The molecule has 0 spiro atoms. The van der Waals surface area contributed by atoms with Crippen LogP contribution in [0.15, 0.2) is 41.2 Å². The number of fused-ring (bicyclic) bond motifs is 2. The van der Waals surface area contributed by atoms with E-state index in [9.17, 15) is 23.6 Å². The number of hydrogen-bond acceptors (Lipinski definition) is 6. The summed E-state index contributed by atoms with van der Waals surface area (Å²) in [6.45, 7) is -0.329. The minimum Gasteiger partial charge on any atom is -0.486 e. The van der Waals surface area contributed by atoms with Crippen LogP contribution in [0.2, 0.25) is 0 Å². The lowest BCUT2D eigenvalue weighted by Crippen LogP contribution is -2.36. The molecule has 2 aromatic heterocycles. The van der Waals surface area contributed by atoms with E-state index < -0.39 is 13.0 Å². The van der Waals surface area contributed by atoms with Crippen LogP contribution in [0.25, 0.3) is 21.8 Å². The molecule has 0 radical (unpaired) electrons. The van der Waals surface area contributed by atoms with E-state index in [1.807, 2.05) is 6.07 Å². The summed E-state index contributed by atoms with van der Waals surface area (Å²) in [7, 11) is 1.73. The number of nitrogens with zero attached hydrogens (tertiary/aromatic N) is 5. The molecule has 0 aliphatic heterocycles. The largest absolute Gasteiger partial charge is 0.486 e. The number of hydrogen-bond donors (Lipinski definition) is 1. The number of alkyl halides is 2. The van der Waals surface area contributed by atoms with Gasteiger partial charge in [0.1, 0.15) is 30.8 Å². The van der Waals surface area contributed by atoms with E-state index in [2.05, 4.69) is 15.1 Å². The second kappa shape index (κ2) is 9.97. The molecule has 4 aromatic rings. The number of nitrogens with one attached hydrogen (secondary N) is 1. The first kappa shape index (κ1) is 24.4. The Morgan fingerprint density at radius 3 is 2.76 bits per heavy atom. The highest BCUT2D eigenvalue weighted by molar-refractivity contribution is 5.85. The fourth-order valence-electron chi connectivity index (χ4n) is 4.27. The first-order valence-electron chi connectivity index (χ1n) is 11.9. The topological polar surface area (TPSA) is 117 Å². The van der Waals surface area contributed by atoms with Crippen LogP contribution < -0.4 is 10.3 Å². The number of amides is 1. The summed E-state index contributed by atoms with van der Waals surface area (Å²) in [5.41, 5.74) is 1.26. The maximum atomic E-state index is 13.1. The Labute approximate surface area is 210 Å². The van der Waals surface area contributed by atoms with Gasteiger partial charge in [0.15, 0.2) is 0 Å². The number of aromatic amines is 1. The van der Waals surface area contributed by atoms with Crippen LogP contribution in [-0.4, -0.2) is 57.2 Å². The molecule has 0 bridgehead atoms. The zero-order valence-electron chi connectivity index (χ0n) is 20.1. The second-order valence-electron chi connectivity index (χ2n) is 9.21. The van der Waals surface area contributed by atoms with Crippen molar-refractivity contribution in [2.45, 2.75) is 32.2 Å². The van der Waals surface area contributed by atoms with Gasteiger partial charge >= 0.3 is 0 Å². The molecule has 1 fully saturated rings. The molecule has 5 rings (SSSR count). The molecule has 2 heterocycles. The molecule has 1 saturated carbocycles. The highest BCUT2D eigenvalue weighted by atomic mass is 19.3. The summed E-state index contributed by atoms with van der Waals surface area (Å²) in [4.78, 5) is 35.1. The van der Waals surface area contributed by atoms with Crippen molar-refractivity contribution in [1.29, 1.82) is 5.26 Å². The molecule has 1 N–H and O–H groups in total. The lowest BCUT2D eigenvalue weighted by atomic mass is 10.1. The minimum atomic E-state index is -2.67. The first-order chi connectivity index (χ1) is 17.8. The molecule has 0 unspecified atom stereocenters. The highest BCUT2D eigenvalue weighted by Crippen LogP contribution is 2.29. The molecular weight excluding hydrogens is 482 g/mol. The smallest absolute Gasteiger partial charge is 0.275 e. The van der Waals surface area contributed by atoms with E-state index in [-0.39, 0.29) is 35.7 Å². The number of aromatic nitrogens is 4. The van der Waals surface area contributed by atoms with Gasteiger partial charge in [-0.1, -0.05) is 18.2 Å². The molecule has 0 saturated heterocycles. The van der Waals surface area contributed by atoms with E-state index in [1.54, 1.807) is 36.2 Å². The Kier molecular flexibility index (Phi) is 6.56. The van der Waals surface area contributed by atoms with Crippen LogP contribution >= 0.6 is 0 Å². The number of ether oxygens (including phenoxy) is 1. The summed E-state index contributed by atoms with van der Waals surface area (Å²) >= 11 is 0. The van der Waals surface area contributed by atoms with E-state index in [1.165, 1.54) is 16.8 Å². The number of imidazole rings is 1. The summed E-state index contributed by atoms with van der Waals surface area (Å²) in [5, 5.41) is 15.0. The maximum absolute atomic E-state index is 13.1. The number of carbonyl (C=O) groups is 1. The van der Waals surface area contributed by atoms with Gasteiger partial charge in [-0.25, -0.2) is 18.4 Å². The van der Waals surface area contributed by atoms with E-state index >= 15 is 0 Å². The van der Waals surface area contributed by atoms with Crippen molar-refractivity contribution in [3.8, 4) is 11.8 Å². The first-order valence-corrected chi connectivity index (χ1v) is 11.9. The Bertz CT molecular complexity index is 1590. The molecule has 2 aromatic carbocycles. The number of H-pyrrole nitrogens is 1. The molecule has 1 amide bonds. The fraction of sp³-hybridized carbons (Fsp3) is 0.346. The van der Waals surface area contributed by atoms with Gasteiger partial charge in [-0.3, -0.25) is 9.59 Å². The summed E-state index contributed by atoms with van der Waals surface area (Å²) in [6.07, 6.45) is -0.238. The van der Waals surface area contributed by atoms with Crippen LogP contribution in [0, 0.1) is 17.2 Å². The van der Waals surface area contributed by atoms with Gasteiger partial charge in [0.25, 0.3) is 12.0 Å². The zero-order chi connectivity index (χ0) is 26.1. The molecule has 0 atom stereocenters. The normalized spacial score (nSPS) is 13.3. The van der Waals surface area contributed by atoms with E-state index in [0.29, 0.717) is 45.8 Å². The van der Waals surface area contributed by atoms with Gasteiger partial charge < -0.3 is 14.6 Å². The molecule has 1 aliphatic rings. The van der Waals surface area contributed by atoms with E-state index in [4.69, 9.17) is 4.74 Å². The average molecular weight is 507 g/mol. The Morgan fingerprint density at radius 1 is 1.30 bits per heavy atom. The van der Waals surface area contributed by atoms with Gasteiger partial charge in [-0.15, -0.1) is 0 Å². The number of rotatable bonds is 9. The van der Waals surface area contributed by atoms with Crippen molar-refractivity contribution in [3.63, 3.8) is 0 Å². The molecule has 37 heavy (non-hydrogen) atoms. The van der Waals surface area contributed by atoms with Crippen molar-refractivity contribution in [2.75, 3.05) is 20.2 Å². The number of likely N-dealkylation sites (N-methyl/N-ethyl adjacent to an activating group) is 1. The Balaban J connectivity index is 1.47. The number of halogens is 2. The minimum absolute atomic E-state index is 0.0384. The van der Waals surface area contributed by atoms with Crippen LogP contribution in [0.1, 0.15) is 29.9 Å². The SMILES string of the molecule is CN(CC1CC1)C(=O)Cn1nc(Cc2nc3cc(C#N)c(OCC(F)F)cc3[nH]2)c2ccccc2c1=O. The fourth-order valence-corrected chi connectivity index (χ4v) is 4.27. The third-order valence-electron chi connectivity index (χ3n) is 6.34. The van der Waals surface area contributed by atoms with Crippen molar-refractivity contribution < 1.29 is 18.3 Å². The number of nitriles is 1. The summed E-state index contributed by atoms with van der Waals surface area (Å²) in [6, 6.07) is 11.9. The van der Waals surface area contributed by atoms with Gasteiger partial charge in [-0.2, -0.15) is 10.4 Å². The maximum Gasteiger partial charge on any atom is 0.275 e. The van der Waals surface area contributed by atoms with Crippen molar-refractivity contribution >= 4 is 27.7 Å². The summed E-state index contributed by atoms with van der Waals surface area (Å²) < 4.78 is 31.5. The molecule has 11 heteroatoms. The predicted molar refractivity (Wildman–Crippen MR) is 131 cm³/mol.